The Bertz CT molecular complexity index is 2410. The van der Waals surface area contributed by atoms with Gasteiger partial charge in [-0.3, -0.25) is 0 Å². The molecule has 0 spiro atoms. The molecule has 0 atom stereocenters. The lowest BCUT2D eigenvalue weighted by Gasteiger charge is -2.05. The van der Waals surface area contributed by atoms with Crippen LogP contribution in [0.4, 0.5) is 0 Å². The summed E-state index contributed by atoms with van der Waals surface area (Å²) in [7, 11) is 0. The zero-order chi connectivity index (χ0) is 30.1. The summed E-state index contributed by atoms with van der Waals surface area (Å²) in [5.74, 6) is 0.916. The summed E-state index contributed by atoms with van der Waals surface area (Å²) in [6, 6.07) is 41.4. The highest BCUT2D eigenvalue weighted by Gasteiger charge is 2.17. The van der Waals surface area contributed by atoms with Crippen LogP contribution in [0.15, 0.2) is 135 Å². The molecule has 6 aromatic carbocycles. The van der Waals surface area contributed by atoms with Crippen molar-refractivity contribution in [3.05, 3.63) is 132 Å². The summed E-state index contributed by atoms with van der Waals surface area (Å²) in [6.07, 6.45) is 0. The second-order valence-electron chi connectivity index (χ2n) is 11.5. The Morgan fingerprint density at radius 2 is 0.756 bits per heavy atom. The Kier molecular flexibility index (Phi) is 5.56. The number of rotatable bonds is 4. The Hall–Kier alpha value is -5.94. The molecule has 0 amide bonds. The number of hydrogen-bond donors (Lipinski definition) is 0. The smallest absolute Gasteiger partial charge is 0.248 e. The molecule has 0 unspecified atom stereocenters. The molecule has 0 aliphatic carbocycles. The van der Waals surface area contributed by atoms with Gasteiger partial charge < -0.3 is 13.3 Å². The summed E-state index contributed by atoms with van der Waals surface area (Å²) in [5.41, 5.74) is 11.6. The van der Waals surface area contributed by atoms with Gasteiger partial charge in [-0.15, -0.1) is 10.2 Å². The van der Waals surface area contributed by atoms with Crippen LogP contribution in [-0.2, 0) is 0 Å². The van der Waals surface area contributed by atoms with E-state index in [0.29, 0.717) is 11.8 Å². The van der Waals surface area contributed by atoms with Crippen LogP contribution in [0.25, 0.3) is 89.0 Å². The van der Waals surface area contributed by atoms with Crippen molar-refractivity contribution in [2.75, 3.05) is 0 Å². The minimum atomic E-state index is 0.458. The predicted molar refractivity (Wildman–Crippen MR) is 180 cm³/mol. The number of furan rings is 2. The van der Waals surface area contributed by atoms with E-state index in [1.54, 1.807) is 0 Å². The van der Waals surface area contributed by atoms with Crippen LogP contribution in [0.3, 0.4) is 0 Å². The van der Waals surface area contributed by atoms with Gasteiger partial charge in [0.2, 0.25) is 11.8 Å². The first kappa shape index (κ1) is 25.5. The van der Waals surface area contributed by atoms with E-state index >= 15 is 0 Å². The first-order chi connectivity index (χ1) is 22.1. The largest absolute Gasteiger partial charge is 0.455 e. The number of para-hydroxylation sites is 4. The lowest BCUT2D eigenvalue weighted by molar-refractivity contribution is 0.584. The van der Waals surface area contributed by atoms with Crippen molar-refractivity contribution in [1.29, 1.82) is 0 Å². The lowest BCUT2D eigenvalue weighted by Crippen LogP contribution is -1.82. The molecular weight excluding hydrogens is 556 g/mol. The Morgan fingerprint density at radius 3 is 1.22 bits per heavy atom. The number of benzene rings is 6. The van der Waals surface area contributed by atoms with Gasteiger partial charge >= 0.3 is 0 Å². The fourth-order valence-electron chi connectivity index (χ4n) is 6.47. The third-order valence-electron chi connectivity index (χ3n) is 8.71. The van der Waals surface area contributed by atoms with E-state index in [9.17, 15) is 0 Å². The highest BCUT2D eigenvalue weighted by atomic mass is 16.4. The van der Waals surface area contributed by atoms with Crippen LogP contribution in [0.5, 0.6) is 0 Å². The van der Waals surface area contributed by atoms with E-state index in [0.717, 1.165) is 88.4 Å². The predicted octanol–water partition coefficient (Wildman–Crippen LogP) is 11.2. The maximum absolute atomic E-state index is 6.42. The molecule has 214 valence electrons. The standard InChI is InChI=1S/C40H26N2O3/c1-23-9-3-17-31-33-19-7-15-29(37(33)43-35(23)31)25-11-5-13-27(21-25)39-41-42-40(45-39)28-14-6-12-26(22-28)30-16-8-20-34-32-18-4-10-24(2)36(32)44-38(30)34/h3-22H,1-2H3. The molecule has 0 saturated heterocycles. The molecule has 3 heterocycles. The third kappa shape index (κ3) is 4.01. The molecule has 0 aliphatic rings. The molecule has 0 bridgehead atoms. The fourth-order valence-corrected chi connectivity index (χ4v) is 6.47. The minimum Gasteiger partial charge on any atom is -0.455 e. The molecular formula is C40H26N2O3. The highest BCUT2D eigenvalue weighted by molar-refractivity contribution is 6.11. The monoisotopic (exact) mass is 582 g/mol. The van der Waals surface area contributed by atoms with Gasteiger partial charge in [-0.25, -0.2) is 0 Å². The SMILES string of the molecule is Cc1cccc2c1oc1c(-c3cccc(-c4nnc(-c5cccc(-c6cccc7c6oc6c(C)cccc67)c5)o4)c3)cccc12. The quantitative estimate of drug-likeness (QED) is 0.206. The van der Waals surface area contributed by atoms with Crippen molar-refractivity contribution in [2.24, 2.45) is 0 Å². The molecule has 5 heteroatoms. The fraction of sp³-hybridized carbons (Fsp3) is 0.0500. The van der Waals surface area contributed by atoms with Crippen LogP contribution in [0.2, 0.25) is 0 Å². The summed E-state index contributed by atoms with van der Waals surface area (Å²) in [6.45, 7) is 4.15. The van der Waals surface area contributed by atoms with Crippen molar-refractivity contribution in [1.82, 2.24) is 10.2 Å². The Morgan fingerprint density at radius 1 is 0.378 bits per heavy atom. The summed E-state index contributed by atoms with van der Waals surface area (Å²) < 4.78 is 19.1. The van der Waals surface area contributed by atoms with Gasteiger partial charge in [0, 0.05) is 43.8 Å². The molecule has 0 aliphatic heterocycles. The van der Waals surface area contributed by atoms with Crippen LogP contribution in [-0.4, -0.2) is 10.2 Å². The molecule has 0 N–H and O–H groups in total. The summed E-state index contributed by atoms with van der Waals surface area (Å²) in [4.78, 5) is 0. The van der Waals surface area contributed by atoms with Crippen molar-refractivity contribution >= 4 is 43.9 Å². The minimum absolute atomic E-state index is 0.458. The maximum Gasteiger partial charge on any atom is 0.248 e. The van der Waals surface area contributed by atoms with Gasteiger partial charge in [-0.05, 0) is 60.4 Å². The van der Waals surface area contributed by atoms with Crippen LogP contribution in [0.1, 0.15) is 11.1 Å². The van der Waals surface area contributed by atoms with Gasteiger partial charge in [-0.1, -0.05) is 97.1 Å². The summed E-state index contributed by atoms with van der Waals surface area (Å²) in [5, 5.41) is 13.3. The van der Waals surface area contributed by atoms with Gasteiger partial charge in [0.15, 0.2) is 0 Å². The highest BCUT2D eigenvalue weighted by Crippen LogP contribution is 2.40. The van der Waals surface area contributed by atoms with E-state index in [-0.39, 0.29) is 0 Å². The second kappa shape index (κ2) is 9.79. The lowest BCUT2D eigenvalue weighted by atomic mass is 10.00. The molecule has 9 rings (SSSR count). The molecule has 0 radical (unpaired) electrons. The van der Waals surface area contributed by atoms with Crippen molar-refractivity contribution in [3.8, 4) is 45.2 Å². The molecule has 3 aromatic heterocycles. The topological polar surface area (TPSA) is 65.2 Å². The number of aryl methyl sites for hydroxylation is 2. The van der Waals surface area contributed by atoms with E-state index in [1.165, 1.54) is 0 Å². The first-order valence-corrected chi connectivity index (χ1v) is 15.0. The number of fused-ring (bicyclic) bond motifs is 6. The normalized spacial score (nSPS) is 11.8. The third-order valence-corrected chi connectivity index (χ3v) is 8.71. The zero-order valence-electron chi connectivity index (χ0n) is 24.7. The average molecular weight is 583 g/mol. The van der Waals surface area contributed by atoms with Gasteiger partial charge in [0.25, 0.3) is 0 Å². The Balaban J connectivity index is 1.09. The number of hydrogen-bond acceptors (Lipinski definition) is 5. The molecule has 9 aromatic rings. The van der Waals surface area contributed by atoms with Crippen molar-refractivity contribution in [3.63, 3.8) is 0 Å². The number of aromatic nitrogens is 2. The van der Waals surface area contributed by atoms with E-state index in [1.807, 2.05) is 24.3 Å². The van der Waals surface area contributed by atoms with Crippen molar-refractivity contribution < 1.29 is 13.3 Å². The second-order valence-corrected chi connectivity index (χ2v) is 11.5. The van der Waals surface area contributed by atoms with E-state index in [2.05, 4.69) is 121 Å². The van der Waals surface area contributed by atoms with Crippen molar-refractivity contribution in [2.45, 2.75) is 13.8 Å². The molecule has 0 fully saturated rings. The molecule has 0 saturated carbocycles. The number of nitrogens with zero attached hydrogens (tertiary/aromatic N) is 2. The van der Waals surface area contributed by atoms with E-state index < -0.39 is 0 Å². The zero-order valence-corrected chi connectivity index (χ0v) is 24.7. The Labute approximate surface area is 258 Å². The van der Waals surface area contributed by atoms with Crippen LogP contribution < -0.4 is 0 Å². The summed E-state index contributed by atoms with van der Waals surface area (Å²) >= 11 is 0. The van der Waals surface area contributed by atoms with Crippen LogP contribution >= 0.6 is 0 Å². The average Bonchev–Trinajstić information content (AvgIpc) is 3.82. The molecule has 45 heavy (non-hydrogen) atoms. The van der Waals surface area contributed by atoms with E-state index in [4.69, 9.17) is 13.3 Å². The maximum atomic E-state index is 6.42. The van der Waals surface area contributed by atoms with Gasteiger partial charge in [0.05, 0.1) is 0 Å². The van der Waals surface area contributed by atoms with Gasteiger partial charge in [-0.2, -0.15) is 0 Å². The van der Waals surface area contributed by atoms with Crippen LogP contribution in [0, 0.1) is 13.8 Å². The molecule has 5 nitrogen and oxygen atoms in total. The van der Waals surface area contributed by atoms with Gasteiger partial charge in [0.1, 0.15) is 22.3 Å². The first-order valence-electron chi connectivity index (χ1n) is 15.0.